The topological polar surface area (TPSA) is 42.4 Å². The number of nitrogens with zero attached hydrogens (tertiary/aromatic N) is 1. The van der Waals surface area contributed by atoms with Crippen LogP contribution in [0.1, 0.15) is 5.56 Å². The van der Waals surface area contributed by atoms with Crippen LogP contribution in [-0.4, -0.2) is 10.1 Å². The van der Waals surface area contributed by atoms with Gasteiger partial charge >= 0.3 is 0 Å². The molecule has 2 rings (SSSR count). The molecule has 88 valence electrons. The molecule has 2 aromatic rings. The Labute approximate surface area is 96.3 Å². The van der Waals surface area contributed by atoms with Gasteiger partial charge in [-0.05, 0) is 18.2 Å². The van der Waals surface area contributed by atoms with Crippen LogP contribution in [0.3, 0.4) is 0 Å². The molecular formula is C12H9F2NO2. The molecule has 0 radical (unpaired) electrons. The van der Waals surface area contributed by atoms with Gasteiger partial charge in [-0.3, -0.25) is 4.98 Å². The minimum Gasteiger partial charge on any atom is -0.454 e. The molecule has 1 aromatic heterocycles. The molecule has 0 fully saturated rings. The number of ether oxygens (including phenoxy) is 1. The number of aromatic nitrogens is 1. The number of rotatable bonds is 3. The van der Waals surface area contributed by atoms with Crippen molar-refractivity contribution in [2.45, 2.75) is 6.61 Å². The lowest BCUT2D eigenvalue weighted by Crippen LogP contribution is -1.95. The van der Waals surface area contributed by atoms with Crippen LogP contribution in [0.15, 0.2) is 36.7 Å². The minimum absolute atomic E-state index is 0.231. The normalized spacial score (nSPS) is 10.3. The Balaban J connectivity index is 2.35. The summed E-state index contributed by atoms with van der Waals surface area (Å²) in [7, 11) is 0. The first-order chi connectivity index (χ1) is 8.22. The van der Waals surface area contributed by atoms with Gasteiger partial charge in [0.15, 0.2) is 11.6 Å². The van der Waals surface area contributed by atoms with Gasteiger partial charge in [0.2, 0.25) is 5.82 Å². The van der Waals surface area contributed by atoms with E-state index in [9.17, 15) is 8.78 Å². The van der Waals surface area contributed by atoms with Crippen LogP contribution in [-0.2, 0) is 6.61 Å². The van der Waals surface area contributed by atoms with Crippen LogP contribution >= 0.6 is 0 Å². The molecule has 0 aliphatic rings. The molecule has 1 N–H and O–H groups in total. The summed E-state index contributed by atoms with van der Waals surface area (Å²) in [6.07, 6.45) is 2.83. The van der Waals surface area contributed by atoms with Crippen molar-refractivity contribution < 1.29 is 18.6 Å². The van der Waals surface area contributed by atoms with E-state index in [2.05, 4.69) is 4.98 Å². The zero-order valence-corrected chi connectivity index (χ0v) is 8.73. The van der Waals surface area contributed by atoms with Crippen molar-refractivity contribution in [3.8, 4) is 11.5 Å². The third-order valence-corrected chi connectivity index (χ3v) is 2.17. The second-order valence-corrected chi connectivity index (χ2v) is 3.30. The number of benzene rings is 1. The molecule has 1 heterocycles. The molecule has 5 heteroatoms. The quantitative estimate of drug-likeness (QED) is 0.892. The minimum atomic E-state index is -1.06. The average molecular weight is 237 g/mol. The predicted molar refractivity (Wildman–Crippen MR) is 56.6 cm³/mol. The monoisotopic (exact) mass is 237 g/mol. The number of aliphatic hydroxyl groups excluding tert-OH is 1. The number of hydrogen-bond acceptors (Lipinski definition) is 3. The summed E-state index contributed by atoms with van der Waals surface area (Å²) >= 11 is 0. The average Bonchev–Trinajstić information content (AvgIpc) is 2.35. The van der Waals surface area contributed by atoms with Gasteiger partial charge < -0.3 is 9.84 Å². The third-order valence-electron chi connectivity index (χ3n) is 2.17. The molecular weight excluding hydrogens is 228 g/mol. The summed E-state index contributed by atoms with van der Waals surface area (Å²) in [6.45, 7) is -0.292. The molecule has 1 aromatic carbocycles. The molecule has 0 atom stereocenters. The first-order valence-electron chi connectivity index (χ1n) is 4.88. The number of pyridine rings is 1. The maximum Gasteiger partial charge on any atom is 0.201 e. The maximum atomic E-state index is 13.3. The summed E-state index contributed by atoms with van der Waals surface area (Å²) < 4.78 is 31.5. The molecule has 0 bridgehead atoms. The van der Waals surface area contributed by atoms with Gasteiger partial charge in [-0.2, -0.15) is 4.39 Å². The van der Waals surface area contributed by atoms with Crippen molar-refractivity contribution >= 4 is 0 Å². The fraction of sp³-hybridized carbons (Fsp3) is 0.0833. The van der Waals surface area contributed by atoms with Gasteiger partial charge in [0.25, 0.3) is 0 Å². The lowest BCUT2D eigenvalue weighted by Gasteiger charge is -2.09. The largest absolute Gasteiger partial charge is 0.454 e. The van der Waals surface area contributed by atoms with Crippen LogP contribution < -0.4 is 4.74 Å². The molecule has 0 aliphatic carbocycles. The molecule has 0 saturated heterocycles. The molecule has 0 saturated carbocycles. The maximum absolute atomic E-state index is 13.3. The summed E-state index contributed by atoms with van der Waals surface area (Å²) in [6, 6.07) is 5.12. The lowest BCUT2D eigenvalue weighted by molar-refractivity contribution is 0.275. The SMILES string of the molecule is OCc1cnccc1Oc1cccc(F)c1F. The zero-order valence-electron chi connectivity index (χ0n) is 8.73. The highest BCUT2D eigenvalue weighted by atomic mass is 19.2. The zero-order chi connectivity index (χ0) is 12.3. The van der Waals surface area contributed by atoms with E-state index in [1.54, 1.807) is 0 Å². The molecule has 0 spiro atoms. The highest BCUT2D eigenvalue weighted by Crippen LogP contribution is 2.27. The van der Waals surface area contributed by atoms with Gasteiger partial charge in [-0.15, -0.1) is 0 Å². The molecule has 0 amide bonds. The van der Waals surface area contributed by atoms with Crippen LogP contribution in [0, 0.1) is 11.6 Å². The van der Waals surface area contributed by atoms with Crippen LogP contribution in [0.2, 0.25) is 0 Å². The van der Waals surface area contributed by atoms with Gasteiger partial charge in [0, 0.05) is 18.0 Å². The van der Waals surface area contributed by atoms with Crippen molar-refractivity contribution in [3.63, 3.8) is 0 Å². The van der Waals surface area contributed by atoms with Crippen molar-refractivity contribution in [1.82, 2.24) is 4.98 Å². The Hall–Kier alpha value is -2.01. The lowest BCUT2D eigenvalue weighted by atomic mass is 10.2. The van der Waals surface area contributed by atoms with Crippen molar-refractivity contribution in [2.24, 2.45) is 0 Å². The van der Waals surface area contributed by atoms with Crippen LogP contribution in [0.25, 0.3) is 0 Å². The van der Waals surface area contributed by atoms with Crippen molar-refractivity contribution in [2.75, 3.05) is 0 Å². The van der Waals surface area contributed by atoms with E-state index in [-0.39, 0.29) is 18.1 Å². The standard InChI is InChI=1S/C12H9F2NO2/c13-9-2-1-3-11(12(9)14)17-10-4-5-15-6-8(10)7-16/h1-6,16H,7H2. The Morgan fingerprint density at radius 1 is 1.18 bits per heavy atom. The van der Waals surface area contributed by atoms with E-state index >= 15 is 0 Å². The van der Waals surface area contributed by atoms with Crippen LogP contribution in [0.4, 0.5) is 8.78 Å². The van der Waals surface area contributed by atoms with Crippen molar-refractivity contribution in [1.29, 1.82) is 0 Å². The second-order valence-electron chi connectivity index (χ2n) is 3.30. The second kappa shape index (κ2) is 4.88. The Morgan fingerprint density at radius 3 is 2.76 bits per heavy atom. The van der Waals surface area contributed by atoms with Gasteiger partial charge in [-0.25, -0.2) is 4.39 Å². The molecule has 3 nitrogen and oxygen atoms in total. The summed E-state index contributed by atoms with van der Waals surface area (Å²) in [4.78, 5) is 3.79. The summed E-state index contributed by atoms with van der Waals surface area (Å²) in [5.41, 5.74) is 0.399. The van der Waals surface area contributed by atoms with Crippen molar-refractivity contribution in [3.05, 3.63) is 53.9 Å². The van der Waals surface area contributed by atoms with E-state index in [1.165, 1.54) is 30.6 Å². The fourth-order valence-corrected chi connectivity index (χ4v) is 1.31. The first kappa shape index (κ1) is 11.5. The number of halogens is 2. The third kappa shape index (κ3) is 2.39. The van der Waals surface area contributed by atoms with Gasteiger partial charge in [0.05, 0.1) is 6.61 Å². The van der Waals surface area contributed by atoms with Crippen LogP contribution in [0.5, 0.6) is 11.5 Å². The summed E-state index contributed by atoms with van der Waals surface area (Å²) in [5.74, 6) is -2.03. The highest BCUT2D eigenvalue weighted by Gasteiger charge is 2.11. The highest BCUT2D eigenvalue weighted by molar-refractivity contribution is 5.36. The summed E-state index contributed by atoms with van der Waals surface area (Å²) in [5, 5.41) is 9.03. The molecule has 17 heavy (non-hydrogen) atoms. The first-order valence-corrected chi connectivity index (χ1v) is 4.88. The predicted octanol–water partition coefficient (Wildman–Crippen LogP) is 2.64. The molecule has 0 unspecified atom stereocenters. The smallest absolute Gasteiger partial charge is 0.201 e. The molecule has 0 aliphatic heterocycles. The van der Waals surface area contributed by atoms with E-state index < -0.39 is 11.6 Å². The number of aliphatic hydroxyl groups is 1. The van der Waals surface area contributed by atoms with E-state index in [4.69, 9.17) is 9.84 Å². The Bertz CT molecular complexity index is 532. The number of hydrogen-bond donors (Lipinski definition) is 1. The Kier molecular flexibility index (Phi) is 3.30. The van der Waals surface area contributed by atoms with E-state index in [0.717, 1.165) is 6.07 Å². The van der Waals surface area contributed by atoms with Gasteiger partial charge in [0.1, 0.15) is 5.75 Å². The van der Waals surface area contributed by atoms with E-state index in [0.29, 0.717) is 5.56 Å². The Morgan fingerprint density at radius 2 is 2.00 bits per heavy atom. The van der Waals surface area contributed by atoms with E-state index in [1.807, 2.05) is 0 Å². The van der Waals surface area contributed by atoms with Gasteiger partial charge in [-0.1, -0.05) is 6.07 Å². The fourth-order valence-electron chi connectivity index (χ4n) is 1.31.